The van der Waals surface area contributed by atoms with Crippen LogP contribution in [0.1, 0.15) is 35.2 Å². The van der Waals surface area contributed by atoms with Gasteiger partial charge in [-0.15, -0.1) is 0 Å². The van der Waals surface area contributed by atoms with Crippen molar-refractivity contribution in [3.8, 4) is 22.9 Å². The Bertz CT molecular complexity index is 1130. The van der Waals surface area contributed by atoms with Crippen molar-refractivity contribution in [2.24, 2.45) is 0 Å². The van der Waals surface area contributed by atoms with Crippen molar-refractivity contribution >= 4 is 17.3 Å². The second-order valence-corrected chi connectivity index (χ2v) is 7.66. The summed E-state index contributed by atoms with van der Waals surface area (Å²) in [7, 11) is 1.63. The minimum atomic E-state index is -0.224. The molecular formula is C26H25N3O2. The van der Waals surface area contributed by atoms with Gasteiger partial charge in [-0.05, 0) is 72.9 Å². The lowest BCUT2D eigenvalue weighted by molar-refractivity contribution is 0.102. The lowest BCUT2D eigenvalue weighted by atomic mass is 10.0. The van der Waals surface area contributed by atoms with Gasteiger partial charge in [0.05, 0.1) is 18.4 Å². The summed E-state index contributed by atoms with van der Waals surface area (Å²) in [6.07, 6.45) is 3.62. The molecule has 0 spiro atoms. The molecule has 3 aromatic carbocycles. The lowest BCUT2D eigenvalue weighted by Crippen LogP contribution is -2.29. The number of piperidine rings is 1. The molecule has 5 heteroatoms. The van der Waals surface area contributed by atoms with Crippen LogP contribution in [0.5, 0.6) is 5.75 Å². The van der Waals surface area contributed by atoms with E-state index in [2.05, 4.69) is 16.3 Å². The number of rotatable bonds is 5. The Morgan fingerprint density at radius 2 is 1.74 bits per heavy atom. The van der Waals surface area contributed by atoms with Crippen molar-refractivity contribution in [1.29, 1.82) is 5.26 Å². The van der Waals surface area contributed by atoms with Crippen LogP contribution in [0.2, 0.25) is 0 Å². The molecule has 0 saturated carbocycles. The number of benzene rings is 3. The van der Waals surface area contributed by atoms with Crippen LogP contribution < -0.4 is 15.0 Å². The highest BCUT2D eigenvalue weighted by Gasteiger charge is 2.15. The average Bonchev–Trinajstić information content (AvgIpc) is 2.84. The minimum Gasteiger partial charge on any atom is -0.497 e. The van der Waals surface area contributed by atoms with E-state index in [4.69, 9.17) is 4.74 Å². The Labute approximate surface area is 182 Å². The quantitative estimate of drug-likeness (QED) is 0.604. The Hall–Kier alpha value is -3.78. The van der Waals surface area contributed by atoms with Gasteiger partial charge in [-0.1, -0.05) is 24.3 Å². The summed E-state index contributed by atoms with van der Waals surface area (Å²) in [5.74, 6) is 0.528. The van der Waals surface area contributed by atoms with Crippen LogP contribution in [0.3, 0.4) is 0 Å². The van der Waals surface area contributed by atoms with Crippen LogP contribution in [-0.2, 0) is 0 Å². The first-order valence-electron chi connectivity index (χ1n) is 10.5. The van der Waals surface area contributed by atoms with Crippen molar-refractivity contribution in [3.05, 3.63) is 77.9 Å². The van der Waals surface area contributed by atoms with E-state index in [0.29, 0.717) is 16.8 Å². The number of carbonyl (C=O) groups is 1. The molecule has 1 saturated heterocycles. The van der Waals surface area contributed by atoms with Gasteiger partial charge >= 0.3 is 0 Å². The SMILES string of the molecule is COc1cccc(-c2ccc(C#N)c(NC(=O)c3cccc(N4CCCCC4)c3)c2)c1. The number of carbonyl (C=O) groups excluding carboxylic acids is 1. The van der Waals surface area contributed by atoms with Gasteiger partial charge in [0.1, 0.15) is 11.8 Å². The number of methoxy groups -OCH3 is 1. The Morgan fingerprint density at radius 3 is 2.52 bits per heavy atom. The summed E-state index contributed by atoms with van der Waals surface area (Å²) in [6, 6.07) is 23.0. The van der Waals surface area contributed by atoms with Crippen molar-refractivity contribution in [3.63, 3.8) is 0 Å². The van der Waals surface area contributed by atoms with Gasteiger partial charge in [0.15, 0.2) is 0 Å². The van der Waals surface area contributed by atoms with E-state index in [9.17, 15) is 10.1 Å². The first-order chi connectivity index (χ1) is 15.2. The standard InChI is InChI=1S/C26H25N3O2/c1-31-24-10-6-7-19(16-24)20-11-12-22(18-27)25(17-20)28-26(30)21-8-5-9-23(15-21)29-13-3-2-4-14-29/h5-12,15-17H,2-4,13-14H2,1H3,(H,28,30). The zero-order chi connectivity index (χ0) is 21.6. The van der Waals surface area contributed by atoms with Crippen molar-refractivity contribution in [2.75, 3.05) is 30.4 Å². The lowest BCUT2D eigenvalue weighted by Gasteiger charge is -2.29. The van der Waals surface area contributed by atoms with Crippen molar-refractivity contribution in [1.82, 2.24) is 0 Å². The largest absolute Gasteiger partial charge is 0.497 e. The average molecular weight is 412 g/mol. The maximum Gasteiger partial charge on any atom is 0.255 e. The topological polar surface area (TPSA) is 65.4 Å². The van der Waals surface area contributed by atoms with Crippen LogP contribution in [0.4, 0.5) is 11.4 Å². The summed E-state index contributed by atoms with van der Waals surface area (Å²) < 4.78 is 5.31. The molecule has 31 heavy (non-hydrogen) atoms. The highest BCUT2D eigenvalue weighted by atomic mass is 16.5. The molecule has 156 valence electrons. The van der Waals surface area contributed by atoms with Crippen molar-refractivity contribution < 1.29 is 9.53 Å². The van der Waals surface area contributed by atoms with E-state index < -0.39 is 0 Å². The van der Waals surface area contributed by atoms with E-state index in [-0.39, 0.29) is 5.91 Å². The molecule has 4 rings (SSSR count). The van der Waals surface area contributed by atoms with Gasteiger partial charge in [0.25, 0.3) is 5.91 Å². The highest BCUT2D eigenvalue weighted by molar-refractivity contribution is 6.05. The normalized spacial score (nSPS) is 13.4. The number of amides is 1. The number of hydrogen-bond acceptors (Lipinski definition) is 4. The number of nitrogens with one attached hydrogen (secondary N) is 1. The fraction of sp³-hybridized carbons (Fsp3) is 0.231. The molecule has 5 nitrogen and oxygen atoms in total. The van der Waals surface area contributed by atoms with Gasteiger partial charge in [-0.3, -0.25) is 4.79 Å². The van der Waals surface area contributed by atoms with E-state index >= 15 is 0 Å². The Morgan fingerprint density at radius 1 is 0.968 bits per heavy atom. The van der Waals surface area contributed by atoms with Crippen LogP contribution in [-0.4, -0.2) is 26.1 Å². The summed E-state index contributed by atoms with van der Waals surface area (Å²) in [5, 5.41) is 12.5. The monoisotopic (exact) mass is 411 g/mol. The maximum atomic E-state index is 13.0. The van der Waals surface area contributed by atoms with Crippen LogP contribution >= 0.6 is 0 Å². The fourth-order valence-corrected chi connectivity index (χ4v) is 3.92. The van der Waals surface area contributed by atoms with Gasteiger partial charge in [-0.25, -0.2) is 0 Å². The molecule has 1 amide bonds. The number of nitriles is 1. The summed E-state index contributed by atoms with van der Waals surface area (Å²) >= 11 is 0. The van der Waals surface area contributed by atoms with E-state index in [1.165, 1.54) is 19.3 Å². The molecule has 1 aliphatic rings. The second-order valence-electron chi connectivity index (χ2n) is 7.66. The molecule has 0 aliphatic carbocycles. The molecular weight excluding hydrogens is 386 g/mol. The van der Waals surface area contributed by atoms with Crippen LogP contribution in [0.15, 0.2) is 66.7 Å². The predicted octanol–water partition coefficient (Wildman–Crippen LogP) is 5.48. The molecule has 1 N–H and O–H groups in total. The molecule has 1 aliphatic heterocycles. The number of nitrogens with zero attached hydrogens (tertiary/aromatic N) is 2. The molecule has 0 unspecified atom stereocenters. The molecule has 0 radical (unpaired) electrons. The molecule has 0 atom stereocenters. The predicted molar refractivity (Wildman–Crippen MR) is 124 cm³/mol. The number of anilines is 2. The minimum absolute atomic E-state index is 0.224. The first-order valence-corrected chi connectivity index (χ1v) is 10.5. The van der Waals surface area contributed by atoms with E-state index in [0.717, 1.165) is 35.7 Å². The maximum absolute atomic E-state index is 13.0. The van der Waals surface area contributed by atoms with Gasteiger partial charge < -0.3 is 15.0 Å². The third-order valence-corrected chi connectivity index (χ3v) is 5.62. The van der Waals surface area contributed by atoms with Gasteiger partial charge in [0.2, 0.25) is 0 Å². The summed E-state index contributed by atoms with van der Waals surface area (Å²) in [4.78, 5) is 15.3. The van der Waals surface area contributed by atoms with Crippen LogP contribution in [0.25, 0.3) is 11.1 Å². The smallest absolute Gasteiger partial charge is 0.255 e. The van der Waals surface area contributed by atoms with Crippen LogP contribution in [0, 0.1) is 11.3 Å². The van der Waals surface area contributed by atoms with E-state index in [1.807, 2.05) is 54.6 Å². The third-order valence-electron chi connectivity index (χ3n) is 5.62. The molecule has 0 aromatic heterocycles. The molecule has 3 aromatic rings. The molecule has 0 bridgehead atoms. The second kappa shape index (κ2) is 9.36. The van der Waals surface area contributed by atoms with Gasteiger partial charge in [-0.2, -0.15) is 5.26 Å². The molecule has 1 fully saturated rings. The molecule has 1 heterocycles. The van der Waals surface area contributed by atoms with Crippen molar-refractivity contribution in [2.45, 2.75) is 19.3 Å². The Balaban J connectivity index is 1.59. The zero-order valence-corrected chi connectivity index (χ0v) is 17.6. The fourth-order valence-electron chi connectivity index (χ4n) is 3.92. The van der Waals surface area contributed by atoms with Gasteiger partial charge in [0, 0.05) is 24.3 Å². The highest BCUT2D eigenvalue weighted by Crippen LogP contribution is 2.29. The summed E-state index contributed by atoms with van der Waals surface area (Å²) in [6.45, 7) is 2.04. The Kier molecular flexibility index (Phi) is 6.18. The third kappa shape index (κ3) is 4.70. The zero-order valence-electron chi connectivity index (χ0n) is 17.6. The van der Waals surface area contributed by atoms with E-state index in [1.54, 1.807) is 19.2 Å². The number of hydrogen-bond donors (Lipinski definition) is 1. The first kappa shape index (κ1) is 20.5. The number of ether oxygens (including phenoxy) is 1. The summed E-state index contributed by atoms with van der Waals surface area (Å²) in [5.41, 5.74) is 4.42.